The summed E-state index contributed by atoms with van der Waals surface area (Å²) < 4.78 is 9.32. The highest BCUT2D eigenvalue weighted by atomic mass is 79.9. The molecule has 0 unspecified atom stereocenters. The summed E-state index contributed by atoms with van der Waals surface area (Å²) in [6.07, 6.45) is 0. The highest BCUT2D eigenvalue weighted by Crippen LogP contribution is 2.24. The Morgan fingerprint density at radius 2 is 1.96 bits per heavy atom. The lowest BCUT2D eigenvalue weighted by molar-refractivity contribution is 0.303. The molecule has 0 atom stereocenters. The zero-order chi connectivity index (χ0) is 17.8. The number of aryl methyl sites for hydroxylation is 2. The Hall–Kier alpha value is -2.12. The fourth-order valence-electron chi connectivity index (χ4n) is 2.40. The number of ether oxygens (including phenoxy) is 1. The zero-order valence-electron chi connectivity index (χ0n) is 14.0. The van der Waals surface area contributed by atoms with Crippen LogP contribution < -0.4 is 10.2 Å². The van der Waals surface area contributed by atoms with E-state index in [2.05, 4.69) is 62.7 Å². The summed E-state index contributed by atoms with van der Waals surface area (Å²) in [4.78, 5) is 0. The standard InChI is InChI=1S/C18H19BrN4OS/c1-12-3-5-14(6-4-12)11-24-17-8-7-16(19)9-15(17)10-20-23-13(2)21-22-18(23)25/h3-9,20H,10-11H2,1-2H3,(H,22,25). The maximum absolute atomic E-state index is 6.03. The van der Waals surface area contributed by atoms with Crippen LogP contribution in [0.2, 0.25) is 0 Å². The van der Waals surface area contributed by atoms with E-state index in [1.165, 1.54) is 5.56 Å². The molecule has 0 amide bonds. The van der Waals surface area contributed by atoms with Crippen molar-refractivity contribution in [3.8, 4) is 5.75 Å². The van der Waals surface area contributed by atoms with Gasteiger partial charge in [-0.1, -0.05) is 45.8 Å². The highest BCUT2D eigenvalue weighted by molar-refractivity contribution is 9.10. The van der Waals surface area contributed by atoms with Crippen molar-refractivity contribution in [1.29, 1.82) is 0 Å². The lowest BCUT2D eigenvalue weighted by atomic mass is 10.1. The summed E-state index contributed by atoms with van der Waals surface area (Å²) in [7, 11) is 0. The first-order chi connectivity index (χ1) is 12.0. The van der Waals surface area contributed by atoms with Crippen LogP contribution in [-0.4, -0.2) is 14.9 Å². The SMILES string of the molecule is Cc1ccc(COc2ccc(Br)cc2CNn2c(C)n[nH]c2=S)cc1. The van der Waals surface area contributed by atoms with Crippen molar-refractivity contribution in [2.24, 2.45) is 0 Å². The quantitative estimate of drug-likeness (QED) is 0.572. The van der Waals surface area contributed by atoms with Crippen LogP contribution in [0, 0.1) is 18.6 Å². The molecular weight excluding hydrogens is 400 g/mol. The van der Waals surface area contributed by atoms with Crippen LogP contribution in [0.3, 0.4) is 0 Å². The first-order valence-electron chi connectivity index (χ1n) is 7.87. The van der Waals surface area contributed by atoms with E-state index in [0.29, 0.717) is 17.9 Å². The van der Waals surface area contributed by atoms with Crippen LogP contribution >= 0.6 is 28.1 Å². The van der Waals surface area contributed by atoms with Crippen LogP contribution in [0.4, 0.5) is 0 Å². The number of H-pyrrole nitrogens is 1. The number of nitrogens with one attached hydrogen (secondary N) is 2. The molecule has 25 heavy (non-hydrogen) atoms. The molecule has 2 aromatic carbocycles. The average Bonchev–Trinajstić information content (AvgIpc) is 2.92. The molecule has 0 spiro atoms. The van der Waals surface area contributed by atoms with E-state index in [-0.39, 0.29) is 0 Å². The number of halogens is 1. The topological polar surface area (TPSA) is 54.9 Å². The van der Waals surface area contributed by atoms with E-state index in [1.54, 1.807) is 4.68 Å². The minimum atomic E-state index is 0.527. The molecule has 0 saturated carbocycles. The van der Waals surface area contributed by atoms with Crippen molar-refractivity contribution in [3.05, 3.63) is 74.2 Å². The second-order valence-electron chi connectivity index (χ2n) is 5.77. The van der Waals surface area contributed by atoms with Crippen LogP contribution in [-0.2, 0) is 13.2 Å². The molecule has 0 aliphatic rings. The molecular formula is C18H19BrN4OS. The average molecular weight is 419 g/mol. The van der Waals surface area contributed by atoms with Gasteiger partial charge in [0.2, 0.25) is 4.77 Å². The van der Waals surface area contributed by atoms with E-state index < -0.39 is 0 Å². The van der Waals surface area contributed by atoms with Gasteiger partial charge in [-0.05, 0) is 49.8 Å². The largest absolute Gasteiger partial charge is 0.489 e. The number of hydrogen-bond donors (Lipinski definition) is 2. The third-order valence-electron chi connectivity index (χ3n) is 3.81. The van der Waals surface area contributed by atoms with Gasteiger partial charge in [-0.3, -0.25) is 5.10 Å². The summed E-state index contributed by atoms with van der Waals surface area (Å²) in [5, 5.41) is 6.86. The number of nitrogens with zero attached hydrogens (tertiary/aromatic N) is 2. The van der Waals surface area contributed by atoms with Crippen LogP contribution in [0.5, 0.6) is 5.75 Å². The number of aromatic amines is 1. The second kappa shape index (κ2) is 7.84. The normalized spacial score (nSPS) is 10.7. The molecule has 0 radical (unpaired) electrons. The molecule has 3 aromatic rings. The van der Waals surface area contributed by atoms with Gasteiger partial charge in [-0.2, -0.15) is 5.10 Å². The molecule has 1 aromatic heterocycles. The first kappa shape index (κ1) is 17.7. The number of hydrogen-bond acceptors (Lipinski definition) is 4. The fraction of sp³-hybridized carbons (Fsp3) is 0.222. The molecule has 130 valence electrons. The molecule has 5 nitrogen and oxygen atoms in total. The summed E-state index contributed by atoms with van der Waals surface area (Å²) in [5.41, 5.74) is 6.68. The second-order valence-corrected chi connectivity index (χ2v) is 7.07. The Morgan fingerprint density at radius 3 is 2.64 bits per heavy atom. The number of benzene rings is 2. The van der Waals surface area contributed by atoms with Gasteiger partial charge in [0, 0.05) is 10.0 Å². The predicted molar refractivity (Wildman–Crippen MR) is 105 cm³/mol. The zero-order valence-corrected chi connectivity index (χ0v) is 16.4. The summed E-state index contributed by atoms with van der Waals surface area (Å²) in [6.45, 7) is 5.05. The molecule has 3 rings (SSSR count). The van der Waals surface area contributed by atoms with Crippen molar-refractivity contribution in [2.75, 3.05) is 5.43 Å². The highest BCUT2D eigenvalue weighted by Gasteiger charge is 2.07. The minimum absolute atomic E-state index is 0.527. The monoisotopic (exact) mass is 418 g/mol. The van der Waals surface area contributed by atoms with Gasteiger partial charge in [-0.15, -0.1) is 0 Å². The Kier molecular flexibility index (Phi) is 5.55. The maximum atomic E-state index is 6.03. The lowest BCUT2D eigenvalue weighted by Crippen LogP contribution is -2.16. The molecule has 7 heteroatoms. The molecule has 0 aliphatic carbocycles. The third kappa shape index (κ3) is 4.49. The van der Waals surface area contributed by atoms with E-state index in [9.17, 15) is 0 Å². The minimum Gasteiger partial charge on any atom is -0.489 e. The van der Waals surface area contributed by atoms with Crippen LogP contribution in [0.25, 0.3) is 0 Å². The van der Waals surface area contributed by atoms with Gasteiger partial charge in [0.15, 0.2) is 0 Å². The molecule has 2 N–H and O–H groups in total. The maximum Gasteiger partial charge on any atom is 0.214 e. The van der Waals surface area contributed by atoms with Gasteiger partial charge in [0.1, 0.15) is 18.2 Å². The van der Waals surface area contributed by atoms with Crippen molar-refractivity contribution >= 4 is 28.1 Å². The number of rotatable bonds is 6. The van der Waals surface area contributed by atoms with Crippen molar-refractivity contribution in [2.45, 2.75) is 27.0 Å². The fourth-order valence-corrected chi connectivity index (χ4v) is 3.05. The smallest absolute Gasteiger partial charge is 0.214 e. The summed E-state index contributed by atoms with van der Waals surface area (Å²) in [5.74, 6) is 1.62. The van der Waals surface area contributed by atoms with Crippen LogP contribution in [0.1, 0.15) is 22.5 Å². The summed E-state index contributed by atoms with van der Waals surface area (Å²) in [6, 6.07) is 14.3. The van der Waals surface area contributed by atoms with Gasteiger partial charge < -0.3 is 10.2 Å². The Balaban J connectivity index is 1.73. The van der Waals surface area contributed by atoms with E-state index in [4.69, 9.17) is 17.0 Å². The predicted octanol–water partition coefficient (Wildman–Crippen LogP) is 4.64. The lowest BCUT2D eigenvalue weighted by Gasteiger charge is -2.14. The van der Waals surface area contributed by atoms with Gasteiger partial charge in [-0.25, -0.2) is 4.68 Å². The third-order valence-corrected chi connectivity index (χ3v) is 4.57. The van der Waals surface area contributed by atoms with Gasteiger partial charge >= 0.3 is 0 Å². The van der Waals surface area contributed by atoms with E-state index >= 15 is 0 Å². The number of aromatic nitrogens is 3. The van der Waals surface area contributed by atoms with Crippen molar-refractivity contribution < 1.29 is 4.74 Å². The van der Waals surface area contributed by atoms with Gasteiger partial charge in [0.25, 0.3) is 0 Å². The Bertz CT molecular complexity index is 918. The molecule has 0 bridgehead atoms. The van der Waals surface area contributed by atoms with Gasteiger partial charge in [0.05, 0.1) is 6.54 Å². The van der Waals surface area contributed by atoms with Crippen molar-refractivity contribution in [1.82, 2.24) is 14.9 Å². The molecule has 0 aliphatic heterocycles. The first-order valence-corrected chi connectivity index (χ1v) is 9.08. The molecule has 0 fully saturated rings. The molecule has 0 saturated heterocycles. The summed E-state index contributed by atoms with van der Waals surface area (Å²) >= 11 is 8.73. The van der Waals surface area contributed by atoms with E-state index in [1.807, 2.05) is 25.1 Å². The van der Waals surface area contributed by atoms with Crippen molar-refractivity contribution in [3.63, 3.8) is 0 Å². The van der Waals surface area contributed by atoms with E-state index in [0.717, 1.165) is 27.2 Å². The molecule has 1 heterocycles. The Labute approximate surface area is 160 Å². The van der Waals surface area contributed by atoms with Crippen LogP contribution in [0.15, 0.2) is 46.9 Å². The Morgan fingerprint density at radius 1 is 1.20 bits per heavy atom.